The summed E-state index contributed by atoms with van der Waals surface area (Å²) in [6, 6.07) is 7.55. The average molecular weight is 391 g/mol. The van der Waals surface area contributed by atoms with Crippen LogP contribution >= 0.6 is 11.3 Å². The number of fused-ring (bicyclic) bond motifs is 1. The topological polar surface area (TPSA) is 57.7 Å². The molecule has 0 N–H and O–H groups in total. The molecule has 2 aliphatic heterocycles. The van der Waals surface area contributed by atoms with Crippen LogP contribution in [0.1, 0.15) is 47.3 Å². The number of nitrogens with zero attached hydrogens (tertiary/aromatic N) is 2. The zero-order valence-corrected chi connectivity index (χ0v) is 16.5. The Morgan fingerprint density at radius 3 is 2.77 bits per heavy atom. The molecule has 26 heavy (non-hydrogen) atoms. The summed E-state index contributed by atoms with van der Waals surface area (Å²) >= 11 is 1.65. The van der Waals surface area contributed by atoms with Crippen molar-refractivity contribution >= 4 is 33.0 Å². The minimum atomic E-state index is -3.31. The highest BCUT2D eigenvalue weighted by atomic mass is 32.2. The van der Waals surface area contributed by atoms with E-state index in [1.165, 1.54) is 16.1 Å². The molecule has 2 unspecified atom stereocenters. The van der Waals surface area contributed by atoms with E-state index in [2.05, 4.69) is 11.4 Å². The monoisotopic (exact) mass is 390 g/mol. The summed E-state index contributed by atoms with van der Waals surface area (Å²) in [4.78, 5) is 15.1. The number of anilines is 1. The van der Waals surface area contributed by atoms with E-state index in [0.717, 1.165) is 24.9 Å². The molecule has 2 aliphatic rings. The van der Waals surface area contributed by atoms with Crippen LogP contribution in [0.3, 0.4) is 0 Å². The molecule has 5 nitrogen and oxygen atoms in total. The van der Waals surface area contributed by atoms with Gasteiger partial charge in [-0.05, 0) is 72.3 Å². The van der Waals surface area contributed by atoms with Gasteiger partial charge in [0, 0.05) is 18.2 Å². The van der Waals surface area contributed by atoms with Crippen LogP contribution in [-0.2, 0) is 16.4 Å². The molecule has 0 radical (unpaired) electrons. The molecular formula is C19H22N2O3S2. The molecule has 1 amide bonds. The summed E-state index contributed by atoms with van der Waals surface area (Å²) in [5.74, 6) is 0.0342. The van der Waals surface area contributed by atoms with Crippen LogP contribution in [0.5, 0.6) is 0 Å². The summed E-state index contributed by atoms with van der Waals surface area (Å²) in [7, 11) is -3.31. The number of carbonyl (C=O) groups is 1. The van der Waals surface area contributed by atoms with E-state index >= 15 is 0 Å². The van der Waals surface area contributed by atoms with Gasteiger partial charge < -0.3 is 4.90 Å². The van der Waals surface area contributed by atoms with Crippen molar-refractivity contribution in [1.29, 1.82) is 0 Å². The molecule has 7 heteroatoms. The first-order valence-corrected chi connectivity index (χ1v) is 11.6. The van der Waals surface area contributed by atoms with Gasteiger partial charge in [-0.15, -0.1) is 0 Å². The number of thiophene rings is 1. The Morgan fingerprint density at radius 2 is 2.08 bits per heavy atom. The Hall–Kier alpha value is -1.86. The second kappa shape index (κ2) is 6.39. The molecule has 0 aliphatic carbocycles. The van der Waals surface area contributed by atoms with E-state index in [4.69, 9.17) is 0 Å². The minimum Gasteiger partial charge on any atom is -0.332 e. The molecule has 0 spiro atoms. The lowest BCUT2D eigenvalue weighted by Gasteiger charge is -2.25. The van der Waals surface area contributed by atoms with Crippen LogP contribution in [0, 0.1) is 0 Å². The first kappa shape index (κ1) is 17.5. The van der Waals surface area contributed by atoms with Gasteiger partial charge in [0.2, 0.25) is 10.0 Å². The number of hydrogen-bond acceptors (Lipinski definition) is 4. The SMILES string of the molecule is CC1Cc2cc(C(=O)N3CCCC3c3ccsc3)ccc2N1S(C)(=O)=O. The number of rotatable bonds is 3. The van der Waals surface area contributed by atoms with Gasteiger partial charge in [0.05, 0.1) is 18.0 Å². The van der Waals surface area contributed by atoms with E-state index in [1.54, 1.807) is 23.5 Å². The fourth-order valence-corrected chi connectivity index (χ4v) is 6.20. The third-order valence-corrected chi connectivity index (χ3v) is 7.25. The standard InChI is InChI=1S/C19H22N2O3S2/c1-13-10-16-11-14(5-6-18(16)21(13)26(2,23)24)19(22)20-8-3-4-17(20)15-7-9-25-12-15/h5-7,9,11-13,17H,3-4,8,10H2,1-2H3. The fraction of sp³-hybridized carbons (Fsp3) is 0.421. The Bertz CT molecular complexity index is 938. The quantitative estimate of drug-likeness (QED) is 0.807. The predicted molar refractivity (Wildman–Crippen MR) is 104 cm³/mol. The van der Waals surface area contributed by atoms with Crippen molar-refractivity contribution in [3.8, 4) is 0 Å². The van der Waals surface area contributed by atoms with Crippen molar-refractivity contribution in [2.45, 2.75) is 38.3 Å². The lowest BCUT2D eigenvalue weighted by Crippen LogP contribution is -2.34. The minimum absolute atomic E-state index is 0.0342. The lowest BCUT2D eigenvalue weighted by atomic mass is 10.0. The Kier molecular flexibility index (Phi) is 4.31. The first-order valence-electron chi connectivity index (χ1n) is 8.81. The molecule has 1 fully saturated rings. The van der Waals surface area contributed by atoms with Crippen LogP contribution in [0.4, 0.5) is 5.69 Å². The van der Waals surface area contributed by atoms with Gasteiger partial charge in [-0.3, -0.25) is 9.10 Å². The fourth-order valence-electron chi connectivity index (χ4n) is 4.23. The average Bonchev–Trinajstić information content (AvgIpc) is 3.30. The normalized spacial score (nSPS) is 22.7. The molecule has 3 heterocycles. The molecule has 0 bridgehead atoms. The molecule has 1 aromatic heterocycles. The van der Waals surface area contributed by atoms with Crippen molar-refractivity contribution in [1.82, 2.24) is 4.90 Å². The zero-order chi connectivity index (χ0) is 18.5. The van der Waals surface area contributed by atoms with Crippen LogP contribution in [0.2, 0.25) is 0 Å². The molecule has 2 aromatic rings. The number of carbonyl (C=O) groups excluding carboxylic acids is 1. The molecular weight excluding hydrogens is 368 g/mol. The van der Waals surface area contributed by atoms with Crippen molar-refractivity contribution in [2.24, 2.45) is 0 Å². The van der Waals surface area contributed by atoms with Gasteiger partial charge >= 0.3 is 0 Å². The van der Waals surface area contributed by atoms with Crippen molar-refractivity contribution < 1.29 is 13.2 Å². The summed E-state index contributed by atoms with van der Waals surface area (Å²) in [5.41, 5.74) is 3.49. The molecule has 138 valence electrons. The van der Waals surface area contributed by atoms with Crippen LogP contribution < -0.4 is 4.31 Å². The predicted octanol–water partition coefficient (Wildman–Crippen LogP) is 3.44. The number of benzene rings is 1. The van der Waals surface area contributed by atoms with Crippen molar-refractivity contribution in [2.75, 3.05) is 17.1 Å². The Labute approximate surface area is 158 Å². The van der Waals surface area contributed by atoms with E-state index < -0.39 is 10.0 Å². The van der Waals surface area contributed by atoms with Gasteiger partial charge in [0.1, 0.15) is 0 Å². The van der Waals surface area contributed by atoms with Crippen LogP contribution in [-0.4, -0.2) is 38.1 Å². The van der Waals surface area contributed by atoms with E-state index in [9.17, 15) is 13.2 Å². The number of likely N-dealkylation sites (tertiary alicyclic amines) is 1. The number of sulfonamides is 1. The molecule has 2 atom stereocenters. The highest BCUT2D eigenvalue weighted by Gasteiger charge is 2.35. The summed E-state index contributed by atoms with van der Waals surface area (Å²) in [6.07, 6.45) is 3.87. The van der Waals surface area contributed by atoms with Gasteiger partial charge in [-0.1, -0.05) is 0 Å². The number of hydrogen-bond donors (Lipinski definition) is 0. The molecule has 0 saturated carbocycles. The van der Waals surface area contributed by atoms with E-state index in [1.807, 2.05) is 23.3 Å². The third-order valence-electron chi connectivity index (χ3n) is 5.28. The highest BCUT2D eigenvalue weighted by molar-refractivity contribution is 7.92. The molecule has 1 aromatic carbocycles. The van der Waals surface area contributed by atoms with E-state index in [0.29, 0.717) is 17.7 Å². The van der Waals surface area contributed by atoms with Gasteiger partial charge in [-0.2, -0.15) is 11.3 Å². The van der Waals surface area contributed by atoms with E-state index in [-0.39, 0.29) is 18.0 Å². The van der Waals surface area contributed by atoms with Gasteiger partial charge in [-0.25, -0.2) is 8.42 Å². The summed E-state index contributed by atoms with van der Waals surface area (Å²) in [6.45, 7) is 2.66. The third kappa shape index (κ3) is 2.93. The first-order chi connectivity index (χ1) is 12.4. The summed E-state index contributed by atoms with van der Waals surface area (Å²) < 4.78 is 25.6. The van der Waals surface area contributed by atoms with Crippen LogP contribution in [0.15, 0.2) is 35.0 Å². The van der Waals surface area contributed by atoms with Gasteiger partial charge in [0.25, 0.3) is 5.91 Å². The maximum atomic E-state index is 13.1. The second-order valence-corrected chi connectivity index (χ2v) is 9.81. The Balaban J connectivity index is 1.64. The lowest BCUT2D eigenvalue weighted by molar-refractivity contribution is 0.0736. The highest BCUT2D eigenvalue weighted by Crippen LogP contribution is 2.37. The maximum absolute atomic E-state index is 13.1. The smallest absolute Gasteiger partial charge is 0.254 e. The van der Waals surface area contributed by atoms with Crippen molar-refractivity contribution in [3.05, 3.63) is 51.7 Å². The van der Waals surface area contributed by atoms with Crippen LogP contribution in [0.25, 0.3) is 0 Å². The van der Waals surface area contributed by atoms with Gasteiger partial charge in [0.15, 0.2) is 0 Å². The number of amides is 1. The zero-order valence-electron chi connectivity index (χ0n) is 14.9. The van der Waals surface area contributed by atoms with Crippen molar-refractivity contribution in [3.63, 3.8) is 0 Å². The Morgan fingerprint density at radius 1 is 1.27 bits per heavy atom. The maximum Gasteiger partial charge on any atom is 0.254 e. The molecule has 1 saturated heterocycles. The summed E-state index contributed by atoms with van der Waals surface area (Å²) in [5, 5.41) is 4.16. The second-order valence-electron chi connectivity index (χ2n) is 7.17. The largest absolute Gasteiger partial charge is 0.332 e. The molecule has 4 rings (SSSR count).